The standard InChI is InChI=1S/C12H10.C10H11F3.C5H6F6.C5H12.C4H12Si.C3H9OP/c1-3-7-11(8-4-1)12-9-5-2-6-10-12;1-9(2,10(11,12)13)8-6-4-3-5-7-8;1-3(2,4(6,7)8)5(9,10)11;3*1-5(2,3)4/h1-10H;3-7H,1-2H3;1-2H3;2*1-4H3;1-3H3. The van der Waals surface area contributed by atoms with Crippen molar-refractivity contribution >= 4 is 15.2 Å². The summed E-state index contributed by atoms with van der Waals surface area (Å²) in [5.74, 6) is 0. The summed E-state index contributed by atoms with van der Waals surface area (Å²) < 4.78 is 117. The normalized spacial score (nSPS) is 12.4. The molecule has 0 aliphatic heterocycles. The van der Waals surface area contributed by atoms with Gasteiger partial charge in [0.1, 0.15) is 0 Å². The van der Waals surface area contributed by atoms with Crippen molar-refractivity contribution in [3.05, 3.63) is 96.6 Å². The number of rotatable bonds is 2. The summed E-state index contributed by atoms with van der Waals surface area (Å²) in [5.41, 5.74) is -2.05. The molecule has 12 heteroatoms. The first-order valence-electron chi connectivity index (χ1n) is 16.2. The van der Waals surface area contributed by atoms with Crippen LogP contribution in [0.1, 0.15) is 61.0 Å². The summed E-state index contributed by atoms with van der Waals surface area (Å²) in [4.78, 5) is 0. The molecule has 0 saturated heterocycles. The van der Waals surface area contributed by atoms with Crippen LogP contribution in [0.15, 0.2) is 91.0 Å². The number of hydrogen-bond acceptors (Lipinski definition) is 1. The minimum absolute atomic E-state index is 0.104. The zero-order valence-electron chi connectivity index (χ0n) is 32.9. The predicted octanol–water partition coefficient (Wildman–Crippen LogP) is 15.3. The van der Waals surface area contributed by atoms with Crippen LogP contribution >= 0.6 is 7.14 Å². The fourth-order valence-electron chi connectivity index (χ4n) is 2.44. The maximum Gasteiger partial charge on any atom is 0.402 e. The van der Waals surface area contributed by atoms with Gasteiger partial charge in [0.25, 0.3) is 0 Å². The van der Waals surface area contributed by atoms with E-state index in [4.69, 9.17) is 0 Å². The Morgan fingerprint density at radius 2 is 0.647 bits per heavy atom. The molecule has 0 bridgehead atoms. The van der Waals surface area contributed by atoms with Crippen LogP contribution in [-0.4, -0.2) is 46.6 Å². The molecule has 0 N–H and O–H groups in total. The quantitative estimate of drug-likeness (QED) is 0.144. The van der Waals surface area contributed by atoms with Gasteiger partial charge in [0.2, 0.25) is 0 Å². The molecular formula is C39H60F9OPSi. The van der Waals surface area contributed by atoms with Gasteiger partial charge >= 0.3 is 18.5 Å². The van der Waals surface area contributed by atoms with E-state index >= 15 is 0 Å². The lowest BCUT2D eigenvalue weighted by Crippen LogP contribution is -2.44. The fourth-order valence-corrected chi connectivity index (χ4v) is 2.44. The lowest BCUT2D eigenvalue weighted by Gasteiger charge is -2.29. The molecule has 0 atom stereocenters. The van der Waals surface area contributed by atoms with Gasteiger partial charge in [-0.1, -0.05) is 145 Å². The summed E-state index contributed by atoms with van der Waals surface area (Å²) in [7, 11) is -2.25. The molecule has 0 fully saturated rings. The number of hydrogen-bond donors (Lipinski definition) is 0. The van der Waals surface area contributed by atoms with E-state index in [2.05, 4.69) is 102 Å². The Labute approximate surface area is 302 Å². The van der Waals surface area contributed by atoms with Crippen molar-refractivity contribution in [2.45, 2.75) is 106 Å². The maximum absolute atomic E-state index is 12.5. The van der Waals surface area contributed by atoms with Gasteiger partial charge in [-0.3, -0.25) is 0 Å². The molecule has 3 aromatic rings. The molecule has 0 saturated carbocycles. The lowest BCUT2D eigenvalue weighted by molar-refractivity contribution is -0.327. The molecule has 0 heterocycles. The average Bonchev–Trinajstić information content (AvgIpc) is 2.91. The average molecular weight is 775 g/mol. The van der Waals surface area contributed by atoms with Crippen LogP contribution in [0.3, 0.4) is 0 Å². The van der Waals surface area contributed by atoms with Crippen LogP contribution in [0.4, 0.5) is 39.5 Å². The number of halogens is 9. The molecule has 0 aromatic heterocycles. The predicted molar refractivity (Wildman–Crippen MR) is 203 cm³/mol. The molecule has 1 nitrogen and oxygen atoms in total. The van der Waals surface area contributed by atoms with Gasteiger partial charge in [-0.25, -0.2) is 0 Å². The molecule has 0 unspecified atom stereocenters. The topological polar surface area (TPSA) is 17.1 Å². The van der Waals surface area contributed by atoms with Crippen molar-refractivity contribution in [2.75, 3.05) is 20.0 Å². The Balaban J connectivity index is -0.000000569. The zero-order valence-corrected chi connectivity index (χ0v) is 34.8. The lowest BCUT2D eigenvalue weighted by atomic mass is 9.84. The smallest absolute Gasteiger partial charge is 0.324 e. The minimum atomic E-state index is -5.24. The molecule has 0 radical (unpaired) electrons. The Bertz CT molecular complexity index is 1280. The van der Waals surface area contributed by atoms with Crippen molar-refractivity contribution in [1.82, 2.24) is 0 Å². The molecule has 3 rings (SSSR count). The van der Waals surface area contributed by atoms with E-state index in [0.29, 0.717) is 11.0 Å². The number of benzene rings is 3. The third kappa shape index (κ3) is 28.7. The van der Waals surface area contributed by atoms with Crippen molar-refractivity contribution in [3.63, 3.8) is 0 Å². The highest BCUT2D eigenvalue weighted by Gasteiger charge is 2.64. The molecule has 0 aliphatic carbocycles. The minimum Gasteiger partial charge on any atom is -0.324 e. The second-order valence-electron chi connectivity index (χ2n) is 16.7. The van der Waals surface area contributed by atoms with Gasteiger partial charge in [-0.15, -0.1) is 0 Å². The summed E-state index contributed by atoms with van der Waals surface area (Å²) in [5, 5.41) is 0. The van der Waals surface area contributed by atoms with Crippen LogP contribution < -0.4 is 0 Å². The largest absolute Gasteiger partial charge is 0.402 e. The fraction of sp³-hybridized carbons (Fsp3) is 0.538. The second-order valence-corrected chi connectivity index (χ2v) is 26.5. The van der Waals surface area contributed by atoms with E-state index in [1.165, 1.54) is 37.1 Å². The van der Waals surface area contributed by atoms with Crippen molar-refractivity contribution in [2.24, 2.45) is 10.8 Å². The second kappa shape index (κ2) is 21.2. The Hall–Kier alpha value is -2.52. The highest BCUT2D eigenvalue weighted by atomic mass is 31.2. The SMILES string of the molecule is CC(C)(C(F)(F)F)C(F)(F)F.CC(C)(C)C.CC(C)(c1ccccc1)C(F)(F)F.CP(C)(C)=O.C[Si](C)(C)C.c1ccc(-c2ccccc2)cc1. The highest BCUT2D eigenvalue weighted by Crippen LogP contribution is 2.49. The third-order valence-electron chi connectivity index (χ3n) is 5.50. The van der Waals surface area contributed by atoms with E-state index in [1.54, 1.807) is 38.2 Å². The molecule has 0 spiro atoms. The first-order chi connectivity index (χ1) is 22.3. The van der Waals surface area contributed by atoms with E-state index in [1.807, 2.05) is 12.1 Å². The summed E-state index contributed by atoms with van der Waals surface area (Å²) in [6.07, 6.45) is -14.7. The molecule has 51 heavy (non-hydrogen) atoms. The first kappa shape index (κ1) is 52.8. The summed E-state index contributed by atoms with van der Waals surface area (Å²) >= 11 is 0. The number of alkyl halides is 9. The van der Waals surface area contributed by atoms with E-state index in [9.17, 15) is 44.1 Å². The molecular weight excluding hydrogens is 714 g/mol. The van der Waals surface area contributed by atoms with E-state index < -0.39 is 44.6 Å². The van der Waals surface area contributed by atoms with Gasteiger partial charge in [0.15, 0.2) is 5.41 Å². The van der Waals surface area contributed by atoms with Gasteiger partial charge in [0.05, 0.1) is 12.6 Å². The summed E-state index contributed by atoms with van der Waals surface area (Å²) in [6.45, 7) is 25.9. The monoisotopic (exact) mass is 774 g/mol. The van der Waals surface area contributed by atoms with Crippen molar-refractivity contribution in [3.8, 4) is 11.1 Å². The molecule has 0 aliphatic rings. The van der Waals surface area contributed by atoms with Gasteiger partial charge in [0, 0.05) is 8.07 Å². The Kier molecular flexibility index (Phi) is 22.0. The van der Waals surface area contributed by atoms with Crippen LogP contribution in [-0.2, 0) is 9.98 Å². The first-order valence-corrected chi connectivity index (χ1v) is 23.3. The van der Waals surface area contributed by atoms with Crippen molar-refractivity contribution < 1.29 is 44.1 Å². The highest BCUT2D eigenvalue weighted by molar-refractivity contribution is 7.61. The van der Waals surface area contributed by atoms with Crippen molar-refractivity contribution in [1.29, 1.82) is 0 Å². The van der Waals surface area contributed by atoms with Gasteiger partial charge < -0.3 is 4.57 Å². The molecule has 3 aromatic carbocycles. The van der Waals surface area contributed by atoms with Crippen LogP contribution in [0.2, 0.25) is 26.2 Å². The van der Waals surface area contributed by atoms with Gasteiger partial charge in [-0.05, 0) is 69.8 Å². The van der Waals surface area contributed by atoms with Gasteiger partial charge in [-0.2, -0.15) is 39.5 Å². The molecule has 0 amide bonds. The molecule has 294 valence electrons. The summed E-state index contributed by atoms with van der Waals surface area (Å²) in [6, 6.07) is 28.7. The van der Waals surface area contributed by atoms with E-state index in [-0.39, 0.29) is 13.8 Å². The zero-order chi connectivity index (χ0) is 41.3. The van der Waals surface area contributed by atoms with Crippen LogP contribution in [0.5, 0.6) is 0 Å². The maximum atomic E-state index is 12.5. The van der Waals surface area contributed by atoms with Crippen LogP contribution in [0, 0.1) is 10.8 Å². The third-order valence-corrected chi connectivity index (χ3v) is 5.50. The Morgan fingerprint density at radius 1 is 0.451 bits per heavy atom. The Morgan fingerprint density at radius 3 is 0.804 bits per heavy atom. The van der Waals surface area contributed by atoms with E-state index in [0.717, 1.165) is 0 Å². The van der Waals surface area contributed by atoms with Crippen LogP contribution in [0.25, 0.3) is 11.1 Å².